The van der Waals surface area contributed by atoms with Crippen molar-refractivity contribution in [3.05, 3.63) is 34.6 Å². The normalized spacial score (nSPS) is 10.6. The smallest absolute Gasteiger partial charge is 0.342 e. The first-order valence-electron chi connectivity index (χ1n) is 6.52. The van der Waals surface area contributed by atoms with Crippen LogP contribution in [0.3, 0.4) is 0 Å². The Morgan fingerprint density at radius 1 is 1.48 bits per heavy atom. The molecular formula is C13H15ClN4O3. The average molecular weight is 311 g/mol. The van der Waals surface area contributed by atoms with Crippen molar-refractivity contribution >= 4 is 17.6 Å². The fraction of sp³-hybridized carbons (Fsp3) is 0.385. The summed E-state index contributed by atoms with van der Waals surface area (Å²) in [5.41, 5.74) is 0.0481. The molecule has 0 saturated heterocycles. The summed E-state index contributed by atoms with van der Waals surface area (Å²) < 4.78 is 6.70. The van der Waals surface area contributed by atoms with E-state index in [-0.39, 0.29) is 17.9 Å². The number of carbonyl (C=O) groups is 1. The zero-order valence-corrected chi connectivity index (χ0v) is 12.2. The lowest BCUT2D eigenvalue weighted by Gasteiger charge is -2.07. The minimum Gasteiger partial charge on any atom is -0.507 e. The van der Waals surface area contributed by atoms with Crippen LogP contribution < -0.4 is 0 Å². The number of aromatic nitrogens is 4. The minimum atomic E-state index is -0.658. The second-order valence-corrected chi connectivity index (χ2v) is 4.85. The van der Waals surface area contributed by atoms with Gasteiger partial charge in [0.05, 0.1) is 0 Å². The average Bonchev–Trinajstić information content (AvgIpc) is 2.90. The summed E-state index contributed by atoms with van der Waals surface area (Å²) in [6.07, 6.45) is 1.95. The summed E-state index contributed by atoms with van der Waals surface area (Å²) in [6.45, 7) is 2.67. The van der Waals surface area contributed by atoms with Gasteiger partial charge in [0.25, 0.3) is 0 Å². The molecule has 0 aliphatic heterocycles. The predicted octanol–water partition coefficient (Wildman–Crippen LogP) is 2.19. The van der Waals surface area contributed by atoms with Crippen LogP contribution in [0.25, 0.3) is 0 Å². The van der Waals surface area contributed by atoms with E-state index in [1.165, 1.54) is 18.2 Å². The van der Waals surface area contributed by atoms with Gasteiger partial charge in [-0.2, -0.15) is 0 Å². The molecule has 2 rings (SSSR count). The number of halogens is 1. The zero-order valence-electron chi connectivity index (χ0n) is 11.5. The molecule has 1 N–H and O–H groups in total. The van der Waals surface area contributed by atoms with Crippen molar-refractivity contribution in [1.29, 1.82) is 0 Å². The number of carbonyl (C=O) groups excluding carboxylic acids is 1. The number of esters is 1. The molecule has 7 nitrogen and oxygen atoms in total. The summed E-state index contributed by atoms with van der Waals surface area (Å²) >= 11 is 5.71. The van der Waals surface area contributed by atoms with Gasteiger partial charge in [-0.05, 0) is 35.0 Å². The van der Waals surface area contributed by atoms with E-state index in [0.717, 1.165) is 12.8 Å². The number of benzene rings is 1. The SMILES string of the molecule is CCCCn1nnnc1COC(=O)c1ccc(Cl)cc1O. The van der Waals surface area contributed by atoms with Gasteiger partial charge in [-0.25, -0.2) is 9.48 Å². The number of tetrazole rings is 1. The van der Waals surface area contributed by atoms with Gasteiger partial charge in [0.15, 0.2) is 12.4 Å². The third-order valence-electron chi connectivity index (χ3n) is 2.84. The summed E-state index contributed by atoms with van der Waals surface area (Å²) in [4.78, 5) is 11.9. The van der Waals surface area contributed by atoms with Crippen molar-refractivity contribution in [2.75, 3.05) is 0 Å². The van der Waals surface area contributed by atoms with Gasteiger partial charge < -0.3 is 9.84 Å². The number of phenolic OH excluding ortho intramolecular Hbond substituents is 1. The Bertz CT molecular complexity index is 630. The van der Waals surface area contributed by atoms with Crippen molar-refractivity contribution in [2.24, 2.45) is 0 Å². The van der Waals surface area contributed by atoms with Crippen molar-refractivity contribution in [3.8, 4) is 5.75 Å². The molecular weight excluding hydrogens is 296 g/mol. The van der Waals surface area contributed by atoms with Crippen LogP contribution in [-0.2, 0) is 17.9 Å². The third kappa shape index (κ3) is 3.91. The van der Waals surface area contributed by atoms with Crippen molar-refractivity contribution in [1.82, 2.24) is 20.2 Å². The lowest BCUT2D eigenvalue weighted by Crippen LogP contribution is -2.11. The molecule has 0 aliphatic rings. The fourth-order valence-electron chi connectivity index (χ4n) is 1.69. The molecule has 0 saturated carbocycles. The lowest BCUT2D eigenvalue weighted by molar-refractivity contribution is 0.0453. The quantitative estimate of drug-likeness (QED) is 0.822. The molecule has 1 aromatic carbocycles. The lowest BCUT2D eigenvalue weighted by atomic mass is 10.2. The highest BCUT2D eigenvalue weighted by Gasteiger charge is 2.15. The van der Waals surface area contributed by atoms with Gasteiger partial charge in [0.1, 0.15) is 11.3 Å². The van der Waals surface area contributed by atoms with E-state index < -0.39 is 5.97 Å². The Kier molecular flexibility index (Phi) is 5.10. The van der Waals surface area contributed by atoms with Crippen LogP contribution in [0, 0.1) is 0 Å². The van der Waals surface area contributed by atoms with E-state index in [0.29, 0.717) is 17.4 Å². The molecule has 1 heterocycles. The summed E-state index contributed by atoms with van der Waals surface area (Å²) in [7, 11) is 0. The number of rotatable bonds is 6. The number of nitrogens with zero attached hydrogens (tertiary/aromatic N) is 4. The monoisotopic (exact) mass is 310 g/mol. The van der Waals surface area contributed by atoms with Crippen LogP contribution >= 0.6 is 11.6 Å². The van der Waals surface area contributed by atoms with Crippen LogP contribution in [-0.4, -0.2) is 31.3 Å². The number of aryl methyl sites for hydroxylation is 1. The Morgan fingerprint density at radius 2 is 2.29 bits per heavy atom. The number of hydrogen-bond acceptors (Lipinski definition) is 6. The molecule has 0 bridgehead atoms. The van der Waals surface area contributed by atoms with Gasteiger partial charge in [-0.3, -0.25) is 0 Å². The molecule has 112 valence electrons. The maximum atomic E-state index is 11.9. The number of hydrogen-bond donors (Lipinski definition) is 1. The van der Waals surface area contributed by atoms with Gasteiger partial charge in [0, 0.05) is 11.6 Å². The fourth-order valence-corrected chi connectivity index (χ4v) is 1.86. The maximum Gasteiger partial charge on any atom is 0.342 e. The molecule has 0 amide bonds. The second kappa shape index (κ2) is 7.03. The molecule has 0 aliphatic carbocycles. The molecule has 0 atom stereocenters. The minimum absolute atomic E-state index is 0.0481. The summed E-state index contributed by atoms with van der Waals surface area (Å²) in [5.74, 6) is -0.419. The van der Waals surface area contributed by atoms with Crippen molar-refractivity contribution in [2.45, 2.75) is 32.9 Å². The van der Waals surface area contributed by atoms with Crippen LogP contribution in [0.1, 0.15) is 35.9 Å². The largest absolute Gasteiger partial charge is 0.507 e. The van der Waals surface area contributed by atoms with Gasteiger partial charge in [-0.15, -0.1) is 5.10 Å². The first-order chi connectivity index (χ1) is 10.1. The van der Waals surface area contributed by atoms with E-state index in [9.17, 15) is 9.90 Å². The number of ether oxygens (including phenoxy) is 1. The van der Waals surface area contributed by atoms with Gasteiger partial charge in [0.2, 0.25) is 0 Å². The Morgan fingerprint density at radius 3 is 3.00 bits per heavy atom. The van der Waals surface area contributed by atoms with Crippen molar-refractivity contribution in [3.63, 3.8) is 0 Å². The van der Waals surface area contributed by atoms with E-state index in [1.807, 2.05) is 0 Å². The van der Waals surface area contributed by atoms with E-state index in [4.69, 9.17) is 16.3 Å². The molecule has 0 unspecified atom stereocenters. The van der Waals surface area contributed by atoms with Crippen LogP contribution in [0.4, 0.5) is 0 Å². The van der Waals surface area contributed by atoms with Gasteiger partial charge in [-0.1, -0.05) is 24.9 Å². The first-order valence-corrected chi connectivity index (χ1v) is 6.90. The Hall–Kier alpha value is -2.15. The second-order valence-electron chi connectivity index (χ2n) is 4.41. The highest BCUT2D eigenvalue weighted by molar-refractivity contribution is 6.30. The topological polar surface area (TPSA) is 90.1 Å². The van der Waals surface area contributed by atoms with Crippen LogP contribution in [0.5, 0.6) is 5.75 Å². The molecule has 0 spiro atoms. The van der Waals surface area contributed by atoms with Gasteiger partial charge >= 0.3 is 5.97 Å². The highest BCUT2D eigenvalue weighted by atomic mass is 35.5. The maximum absolute atomic E-state index is 11.9. The predicted molar refractivity (Wildman–Crippen MR) is 75.0 cm³/mol. The molecule has 1 aromatic heterocycles. The van der Waals surface area contributed by atoms with Crippen LogP contribution in [0.2, 0.25) is 5.02 Å². The molecule has 2 aromatic rings. The number of phenols is 1. The molecule has 0 fully saturated rings. The number of unbranched alkanes of at least 4 members (excludes halogenated alkanes) is 1. The first kappa shape index (κ1) is 15.2. The molecule has 8 heteroatoms. The summed E-state index contributed by atoms with van der Waals surface area (Å²) in [5, 5.41) is 21.2. The number of aromatic hydroxyl groups is 1. The highest BCUT2D eigenvalue weighted by Crippen LogP contribution is 2.22. The standard InChI is InChI=1S/C13H15ClN4O3/c1-2-3-6-18-12(15-16-17-18)8-21-13(20)10-5-4-9(14)7-11(10)19/h4-5,7,19H,2-3,6,8H2,1H3. The molecule has 0 radical (unpaired) electrons. The van der Waals surface area contributed by atoms with E-state index in [2.05, 4.69) is 22.4 Å². The van der Waals surface area contributed by atoms with Crippen LogP contribution in [0.15, 0.2) is 18.2 Å². The van der Waals surface area contributed by atoms with E-state index >= 15 is 0 Å². The summed E-state index contributed by atoms with van der Waals surface area (Å²) in [6, 6.07) is 4.19. The zero-order chi connectivity index (χ0) is 15.2. The third-order valence-corrected chi connectivity index (χ3v) is 3.08. The molecule has 21 heavy (non-hydrogen) atoms. The Labute approximate surface area is 126 Å². The van der Waals surface area contributed by atoms with Crippen molar-refractivity contribution < 1.29 is 14.6 Å². The van der Waals surface area contributed by atoms with E-state index in [1.54, 1.807) is 4.68 Å². The Balaban J connectivity index is 1.99.